The molecule has 0 aliphatic carbocycles. The van der Waals surface area contributed by atoms with Gasteiger partial charge in [-0.25, -0.2) is 4.98 Å². The minimum absolute atomic E-state index is 0.0303. The Morgan fingerprint density at radius 1 is 1.38 bits per heavy atom. The van der Waals surface area contributed by atoms with Crippen molar-refractivity contribution in [3.05, 3.63) is 60.2 Å². The monoisotopic (exact) mass is 323 g/mol. The summed E-state index contributed by atoms with van der Waals surface area (Å²) >= 11 is 0. The van der Waals surface area contributed by atoms with Crippen LogP contribution in [0.5, 0.6) is 5.75 Å². The quantitative estimate of drug-likeness (QED) is 0.878. The van der Waals surface area contributed by atoms with Crippen molar-refractivity contribution in [2.45, 2.75) is 6.92 Å². The Labute approximate surface area is 139 Å². The molecule has 1 aromatic carbocycles. The minimum Gasteiger partial charge on any atom is -0.480 e. The van der Waals surface area contributed by atoms with Gasteiger partial charge in [0.05, 0.1) is 0 Å². The predicted molar refractivity (Wildman–Crippen MR) is 91.4 cm³/mol. The van der Waals surface area contributed by atoms with Gasteiger partial charge < -0.3 is 10.1 Å². The number of amides is 2. The standard InChI is InChI=1S/C18H17N3O3/c1-3-10-21-16(22)11-24-14-8-9-15(19-17(14)21)20-18(23)13-7-5-4-6-12(13)2/h3-9H,1,10-11H2,2H3,(H,19,20,23). The van der Waals surface area contributed by atoms with Gasteiger partial charge in [-0.1, -0.05) is 24.3 Å². The number of aryl methyl sites for hydroxylation is 1. The molecular weight excluding hydrogens is 306 g/mol. The maximum absolute atomic E-state index is 12.4. The first-order valence-electron chi connectivity index (χ1n) is 7.52. The molecule has 0 saturated carbocycles. The van der Waals surface area contributed by atoms with Gasteiger partial charge in [0.25, 0.3) is 11.8 Å². The Bertz CT molecular complexity index is 817. The van der Waals surface area contributed by atoms with Crippen molar-refractivity contribution in [1.29, 1.82) is 0 Å². The van der Waals surface area contributed by atoms with E-state index in [4.69, 9.17) is 4.74 Å². The molecule has 0 saturated heterocycles. The lowest BCUT2D eigenvalue weighted by atomic mass is 10.1. The molecule has 2 amide bonds. The highest BCUT2D eigenvalue weighted by molar-refractivity contribution is 6.05. The highest BCUT2D eigenvalue weighted by atomic mass is 16.5. The van der Waals surface area contributed by atoms with Crippen LogP contribution in [-0.4, -0.2) is 29.9 Å². The van der Waals surface area contributed by atoms with Crippen LogP contribution in [0.1, 0.15) is 15.9 Å². The summed E-state index contributed by atoms with van der Waals surface area (Å²) in [5.41, 5.74) is 1.45. The fourth-order valence-electron chi connectivity index (χ4n) is 2.48. The summed E-state index contributed by atoms with van der Waals surface area (Å²) in [6.45, 7) is 5.82. The second-order valence-electron chi connectivity index (χ2n) is 5.37. The number of nitrogens with one attached hydrogen (secondary N) is 1. The van der Waals surface area contributed by atoms with Gasteiger partial charge in [-0.05, 0) is 30.7 Å². The number of fused-ring (bicyclic) bond motifs is 1. The van der Waals surface area contributed by atoms with Gasteiger partial charge in [-0.15, -0.1) is 6.58 Å². The number of aromatic nitrogens is 1. The van der Waals surface area contributed by atoms with Crippen LogP contribution in [0, 0.1) is 6.92 Å². The number of carbonyl (C=O) groups excluding carboxylic acids is 2. The molecule has 24 heavy (non-hydrogen) atoms. The molecule has 1 aliphatic rings. The van der Waals surface area contributed by atoms with E-state index in [1.54, 1.807) is 30.3 Å². The Morgan fingerprint density at radius 2 is 2.17 bits per heavy atom. The maximum Gasteiger partial charge on any atom is 0.266 e. The fourth-order valence-corrected chi connectivity index (χ4v) is 2.48. The van der Waals surface area contributed by atoms with Crippen LogP contribution in [0.3, 0.4) is 0 Å². The van der Waals surface area contributed by atoms with Crippen LogP contribution in [0.4, 0.5) is 11.6 Å². The molecule has 0 unspecified atom stereocenters. The summed E-state index contributed by atoms with van der Waals surface area (Å²) in [5.74, 6) is 0.796. The van der Waals surface area contributed by atoms with Crippen molar-refractivity contribution in [1.82, 2.24) is 4.98 Å². The highest BCUT2D eigenvalue weighted by Crippen LogP contribution is 2.31. The molecule has 6 heteroatoms. The summed E-state index contributed by atoms with van der Waals surface area (Å²) in [4.78, 5) is 30.2. The smallest absolute Gasteiger partial charge is 0.266 e. The van der Waals surface area contributed by atoms with E-state index in [0.29, 0.717) is 29.5 Å². The number of hydrogen-bond acceptors (Lipinski definition) is 4. The number of pyridine rings is 1. The van der Waals surface area contributed by atoms with Gasteiger partial charge >= 0.3 is 0 Å². The van der Waals surface area contributed by atoms with Crippen LogP contribution >= 0.6 is 0 Å². The van der Waals surface area contributed by atoms with E-state index < -0.39 is 0 Å². The van der Waals surface area contributed by atoms with Crippen LogP contribution in [0.25, 0.3) is 0 Å². The topological polar surface area (TPSA) is 71.5 Å². The van der Waals surface area contributed by atoms with Crippen LogP contribution in [-0.2, 0) is 4.79 Å². The molecule has 0 spiro atoms. The molecule has 0 radical (unpaired) electrons. The SMILES string of the molecule is C=CCN1C(=O)COc2ccc(NC(=O)c3ccccc3C)nc21. The van der Waals surface area contributed by atoms with E-state index in [1.165, 1.54) is 4.90 Å². The second-order valence-corrected chi connectivity index (χ2v) is 5.37. The fraction of sp³-hybridized carbons (Fsp3) is 0.167. The molecule has 0 fully saturated rings. The number of nitrogens with zero attached hydrogens (tertiary/aromatic N) is 2. The molecule has 122 valence electrons. The summed E-state index contributed by atoms with van der Waals surface area (Å²) in [6.07, 6.45) is 1.62. The van der Waals surface area contributed by atoms with Crippen molar-refractivity contribution in [2.75, 3.05) is 23.4 Å². The molecule has 2 aromatic rings. The molecule has 1 aliphatic heterocycles. The zero-order chi connectivity index (χ0) is 17.1. The summed E-state index contributed by atoms with van der Waals surface area (Å²) in [5, 5.41) is 2.76. The van der Waals surface area contributed by atoms with Gasteiger partial charge in [-0.3, -0.25) is 14.5 Å². The number of carbonyl (C=O) groups is 2. The largest absolute Gasteiger partial charge is 0.480 e. The van der Waals surface area contributed by atoms with E-state index in [0.717, 1.165) is 5.56 Å². The number of anilines is 2. The van der Waals surface area contributed by atoms with Crippen molar-refractivity contribution in [2.24, 2.45) is 0 Å². The summed E-state index contributed by atoms with van der Waals surface area (Å²) in [7, 11) is 0. The first-order valence-corrected chi connectivity index (χ1v) is 7.52. The van der Waals surface area contributed by atoms with E-state index >= 15 is 0 Å². The lowest BCUT2D eigenvalue weighted by Gasteiger charge is -2.27. The molecule has 0 bridgehead atoms. The Balaban J connectivity index is 1.88. The van der Waals surface area contributed by atoms with Crippen LogP contribution < -0.4 is 15.0 Å². The van der Waals surface area contributed by atoms with Gasteiger partial charge in [0, 0.05) is 12.1 Å². The Kier molecular flexibility index (Phi) is 4.29. The number of hydrogen-bond donors (Lipinski definition) is 1. The molecule has 2 heterocycles. The summed E-state index contributed by atoms with van der Waals surface area (Å²) in [6, 6.07) is 10.6. The lowest BCUT2D eigenvalue weighted by molar-refractivity contribution is -0.121. The van der Waals surface area contributed by atoms with Gasteiger partial charge in [0.15, 0.2) is 18.2 Å². The molecule has 1 N–H and O–H groups in total. The normalized spacial score (nSPS) is 13.0. The Hall–Kier alpha value is -3.15. The zero-order valence-corrected chi connectivity index (χ0v) is 13.3. The third-order valence-electron chi connectivity index (χ3n) is 3.69. The maximum atomic E-state index is 12.4. The molecular formula is C18H17N3O3. The predicted octanol–water partition coefficient (Wildman–Crippen LogP) is 2.55. The van der Waals surface area contributed by atoms with Crippen LogP contribution in [0.15, 0.2) is 49.1 Å². The number of rotatable bonds is 4. The van der Waals surface area contributed by atoms with Gasteiger partial charge in [0.2, 0.25) is 0 Å². The van der Waals surface area contributed by atoms with E-state index in [-0.39, 0.29) is 18.4 Å². The van der Waals surface area contributed by atoms with Crippen molar-refractivity contribution in [3.8, 4) is 5.75 Å². The van der Waals surface area contributed by atoms with Crippen molar-refractivity contribution >= 4 is 23.5 Å². The van der Waals surface area contributed by atoms with Crippen LogP contribution in [0.2, 0.25) is 0 Å². The lowest BCUT2D eigenvalue weighted by Crippen LogP contribution is -2.39. The Morgan fingerprint density at radius 3 is 2.92 bits per heavy atom. The van der Waals surface area contributed by atoms with Gasteiger partial charge in [-0.2, -0.15) is 0 Å². The average molecular weight is 323 g/mol. The van der Waals surface area contributed by atoms with Crippen molar-refractivity contribution < 1.29 is 14.3 Å². The van der Waals surface area contributed by atoms with E-state index in [2.05, 4.69) is 16.9 Å². The zero-order valence-electron chi connectivity index (χ0n) is 13.3. The highest BCUT2D eigenvalue weighted by Gasteiger charge is 2.26. The molecule has 6 nitrogen and oxygen atoms in total. The first-order chi connectivity index (χ1) is 11.6. The summed E-state index contributed by atoms with van der Waals surface area (Å²) < 4.78 is 5.38. The van der Waals surface area contributed by atoms with E-state index in [1.807, 2.05) is 19.1 Å². The first kappa shape index (κ1) is 15.7. The minimum atomic E-state index is -0.251. The molecule has 3 rings (SSSR count). The number of benzene rings is 1. The van der Waals surface area contributed by atoms with E-state index in [9.17, 15) is 9.59 Å². The molecule has 1 aromatic heterocycles. The van der Waals surface area contributed by atoms with Crippen molar-refractivity contribution in [3.63, 3.8) is 0 Å². The third kappa shape index (κ3) is 2.99. The third-order valence-corrected chi connectivity index (χ3v) is 3.69. The second kappa shape index (κ2) is 6.54. The van der Waals surface area contributed by atoms with Gasteiger partial charge in [0.1, 0.15) is 5.82 Å². The average Bonchev–Trinajstić information content (AvgIpc) is 2.58. The number of ether oxygens (including phenoxy) is 1. The molecule has 0 atom stereocenters.